The van der Waals surface area contributed by atoms with Crippen LogP contribution in [-0.2, 0) is 0 Å². The number of hydrogen-bond acceptors (Lipinski definition) is 4. The summed E-state index contributed by atoms with van der Waals surface area (Å²) < 4.78 is 0. The predicted octanol–water partition coefficient (Wildman–Crippen LogP) is 3.56. The molecule has 0 bridgehead atoms. The molecule has 0 atom stereocenters. The van der Waals surface area contributed by atoms with Gasteiger partial charge >= 0.3 is 0 Å². The number of benzene rings is 1. The zero-order valence-electron chi connectivity index (χ0n) is 11.2. The molecule has 3 aromatic rings. The standard InChI is InChI=1S/C15H13N3OS/c1-9-3-4-11(10(2)7-9)14(19)18-13-12-5-6-20-15(12)17-8-16-13/h3-8H,1-2H3,(H,16,17,18,19). The molecule has 2 aromatic heterocycles. The number of nitrogens with one attached hydrogen (secondary N) is 1. The van der Waals surface area contributed by atoms with E-state index in [0.717, 1.165) is 21.3 Å². The quantitative estimate of drug-likeness (QED) is 0.782. The van der Waals surface area contributed by atoms with Crippen LogP contribution in [0.3, 0.4) is 0 Å². The molecule has 2 heterocycles. The van der Waals surface area contributed by atoms with Crippen molar-refractivity contribution in [3.05, 3.63) is 52.7 Å². The van der Waals surface area contributed by atoms with Gasteiger partial charge < -0.3 is 5.32 Å². The first-order chi connectivity index (χ1) is 9.65. The molecule has 0 spiro atoms. The summed E-state index contributed by atoms with van der Waals surface area (Å²) in [6.45, 7) is 3.94. The fourth-order valence-corrected chi connectivity index (χ4v) is 2.87. The van der Waals surface area contributed by atoms with E-state index in [0.29, 0.717) is 11.4 Å². The normalized spacial score (nSPS) is 10.7. The van der Waals surface area contributed by atoms with Gasteiger partial charge in [-0.2, -0.15) is 0 Å². The monoisotopic (exact) mass is 283 g/mol. The number of anilines is 1. The van der Waals surface area contributed by atoms with E-state index in [1.54, 1.807) is 0 Å². The fourth-order valence-electron chi connectivity index (χ4n) is 2.13. The zero-order valence-corrected chi connectivity index (χ0v) is 12.0. The number of fused-ring (bicyclic) bond motifs is 1. The Hall–Kier alpha value is -2.27. The summed E-state index contributed by atoms with van der Waals surface area (Å²) in [7, 11) is 0. The van der Waals surface area contributed by atoms with Gasteiger partial charge in [0.25, 0.3) is 5.91 Å². The van der Waals surface area contributed by atoms with Crippen LogP contribution in [0.15, 0.2) is 36.0 Å². The molecule has 1 N–H and O–H groups in total. The van der Waals surface area contributed by atoms with E-state index < -0.39 is 0 Å². The highest BCUT2D eigenvalue weighted by atomic mass is 32.1. The Kier molecular flexibility index (Phi) is 3.20. The van der Waals surface area contributed by atoms with Crippen LogP contribution >= 0.6 is 11.3 Å². The third-order valence-corrected chi connectivity index (χ3v) is 3.94. The van der Waals surface area contributed by atoms with Gasteiger partial charge in [0.1, 0.15) is 17.0 Å². The Morgan fingerprint density at radius 2 is 2.05 bits per heavy atom. The number of hydrogen-bond donors (Lipinski definition) is 1. The lowest BCUT2D eigenvalue weighted by Gasteiger charge is -2.08. The van der Waals surface area contributed by atoms with Crippen molar-refractivity contribution in [1.82, 2.24) is 9.97 Å². The molecule has 0 aliphatic heterocycles. The summed E-state index contributed by atoms with van der Waals surface area (Å²) in [6, 6.07) is 7.68. The Bertz CT molecular complexity index is 795. The third kappa shape index (κ3) is 2.28. The van der Waals surface area contributed by atoms with E-state index >= 15 is 0 Å². The van der Waals surface area contributed by atoms with Crippen molar-refractivity contribution in [2.45, 2.75) is 13.8 Å². The number of carbonyl (C=O) groups is 1. The van der Waals surface area contributed by atoms with Crippen molar-refractivity contribution in [3.63, 3.8) is 0 Å². The molecule has 0 unspecified atom stereocenters. The lowest BCUT2D eigenvalue weighted by molar-refractivity contribution is 0.102. The number of carbonyl (C=O) groups excluding carboxylic acids is 1. The predicted molar refractivity (Wildman–Crippen MR) is 81.3 cm³/mol. The maximum atomic E-state index is 12.3. The molecule has 0 radical (unpaired) electrons. The van der Waals surface area contributed by atoms with Crippen molar-refractivity contribution in [2.75, 3.05) is 5.32 Å². The number of nitrogens with zero attached hydrogens (tertiary/aromatic N) is 2. The van der Waals surface area contributed by atoms with Crippen LogP contribution in [-0.4, -0.2) is 15.9 Å². The molecule has 1 amide bonds. The van der Waals surface area contributed by atoms with E-state index in [2.05, 4.69) is 15.3 Å². The molecular weight excluding hydrogens is 270 g/mol. The van der Waals surface area contributed by atoms with Crippen LogP contribution in [0.1, 0.15) is 21.5 Å². The van der Waals surface area contributed by atoms with Crippen molar-refractivity contribution in [3.8, 4) is 0 Å². The fraction of sp³-hybridized carbons (Fsp3) is 0.133. The molecule has 0 saturated heterocycles. The second-order valence-corrected chi connectivity index (χ2v) is 5.53. The van der Waals surface area contributed by atoms with Crippen LogP contribution < -0.4 is 5.32 Å². The molecule has 100 valence electrons. The lowest BCUT2D eigenvalue weighted by Crippen LogP contribution is -2.14. The van der Waals surface area contributed by atoms with Gasteiger partial charge in [-0.3, -0.25) is 4.79 Å². The topological polar surface area (TPSA) is 54.9 Å². The van der Waals surface area contributed by atoms with Gasteiger partial charge in [0, 0.05) is 5.56 Å². The SMILES string of the molecule is Cc1ccc(C(=O)Nc2ncnc3sccc23)c(C)c1. The van der Waals surface area contributed by atoms with E-state index in [9.17, 15) is 4.79 Å². The lowest BCUT2D eigenvalue weighted by atomic mass is 10.1. The number of aromatic nitrogens is 2. The Morgan fingerprint density at radius 3 is 2.85 bits per heavy atom. The first-order valence-corrected chi connectivity index (χ1v) is 7.10. The van der Waals surface area contributed by atoms with Crippen molar-refractivity contribution >= 4 is 33.3 Å². The molecule has 3 rings (SSSR count). The first kappa shape index (κ1) is 12.7. The molecule has 20 heavy (non-hydrogen) atoms. The molecule has 4 nitrogen and oxygen atoms in total. The van der Waals surface area contributed by atoms with Crippen molar-refractivity contribution in [2.24, 2.45) is 0 Å². The summed E-state index contributed by atoms with van der Waals surface area (Å²) in [5.41, 5.74) is 2.76. The number of amides is 1. The maximum absolute atomic E-state index is 12.3. The molecule has 0 saturated carbocycles. The van der Waals surface area contributed by atoms with Gasteiger partial charge in [0.2, 0.25) is 0 Å². The molecule has 5 heteroatoms. The highest BCUT2D eigenvalue weighted by Crippen LogP contribution is 2.24. The average Bonchev–Trinajstić information content (AvgIpc) is 2.87. The molecule has 0 aliphatic rings. The summed E-state index contributed by atoms with van der Waals surface area (Å²) >= 11 is 1.53. The molecule has 0 aliphatic carbocycles. The van der Waals surface area contributed by atoms with Gasteiger partial charge in [0.15, 0.2) is 0 Å². The van der Waals surface area contributed by atoms with Gasteiger partial charge in [-0.1, -0.05) is 17.7 Å². The number of aryl methyl sites for hydroxylation is 2. The van der Waals surface area contributed by atoms with E-state index in [1.165, 1.54) is 17.7 Å². The van der Waals surface area contributed by atoms with E-state index in [4.69, 9.17) is 0 Å². The van der Waals surface area contributed by atoms with Crippen LogP contribution in [0.25, 0.3) is 10.2 Å². The minimum absolute atomic E-state index is 0.145. The second-order valence-electron chi connectivity index (χ2n) is 4.63. The van der Waals surface area contributed by atoms with E-state index in [1.807, 2.05) is 43.5 Å². The minimum Gasteiger partial charge on any atom is -0.306 e. The van der Waals surface area contributed by atoms with Crippen molar-refractivity contribution in [1.29, 1.82) is 0 Å². The van der Waals surface area contributed by atoms with E-state index in [-0.39, 0.29) is 5.91 Å². The first-order valence-electron chi connectivity index (χ1n) is 6.22. The largest absolute Gasteiger partial charge is 0.306 e. The number of rotatable bonds is 2. The second kappa shape index (κ2) is 5.02. The van der Waals surface area contributed by atoms with Crippen LogP contribution in [0.5, 0.6) is 0 Å². The van der Waals surface area contributed by atoms with Gasteiger partial charge in [-0.15, -0.1) is 11.3 Å². The zero-order chi connectivity index (χ0) is 14.1. The Labute approximate surface area is 120 Å². The number of thiophene rings is 1. The molecule has 1 aromatic carbocycles. The maximum Gasteiger partial charge on any atom is 0.257 e. The summed E-state index contributed by atoms with van der Waals surface area (Å²) in [5.74, 6) is 0.412. The highest BCUT2D eigenvalue weighted by Gasteiger charge is 2.12. The summed E-state index contributed by atoms with van der Waals surface area (Å²) in [5, 5.41) is 5.67. The Balaban J connectivity index is 1.94. The summed E-state index contributed by atoms with van der Waals surface area (Å²) in [6.07, 6.45) is 1.47. The smallest absolute Gasteiger partial charge is 0.257 e. The van der Waals surface area contributed by atoms with Crippen LogP contribution in [0, 0.1) is 13.8 Å². The summed E-state index contributed by atoms with van der Waals surface area (Å²) in [4.78, 5) is 21.5. The van der Waals surface area contributed by atoms with Gasteiger partial charge in [0.05, 0.1) is 5.39 Å². The Morgan fingerprint density at radius 1 is 1.20 bits per heavy atom. The molecule has 0 fully saturated rings. The van der Waals surface area contributed by atoms with Gasteiger partial charge in [-0.25, -0.2) is 9.97 Å². The van der Waals surface area contributed by atoms with Crippen LogP contribution in [0.4, 0.5) is 5.82 Å². The molecular formula is C15H13N3OS. The van der Waals surface area contributed by atoms with Gasteiger partial charge in [-0.05, 0) is 36.9 Å². The minimum atomic E-state index is -0.145. The third-order valence-electron chi connectivity index (χ3n) is 3.12. The van der Waals surface area contributed by atoms with Crippen molar-refractivity contribution < 1.29 is 4.79 Å². The highest BCUT2D eigenvalue weighted by molar-refractivity contribution is 7.16. The average molecular weight is 283 g/mol. The van der Waals surface area contributed by atoms with Crippen LogP contribution in [0.2, 0.25) is 0 Å².